The SMILES string of the molecule is Cc1ccc(S(=O)(=O)OC2(CC#N)COC2)c(C)c1. The van der Waals surface area contributed by atoms with Crippen molar-refractivity contribution >= 4 is 10.1 Å². The first-order valence-electron chi connectivity index (χ1n) is 5.86. The number of rotatable bonds is 4. The minimum absolute atomic E-state index is 0.00284. The van der Waals surface area contributed by atoms with Crippen molar-refractivity contribution in [3.05, 3.63) is 29.3 Å². The van der Waals surface area contributed by atoms with Crippen LogP contribution in [0.2, 0.25) is 0 Å². The second-order valence-corrected chi connectivity index (χ2v) is 6.33. The Bertz CT molecular complexity index is 627. The molecule has 2 rings (SSSR count). The van der Waals surface area contributed by atoms with E-state index in [1.165, 1.54) is 6.07 Å². The van der Waals surface area contributed by atoms with Gasteiger partial charge in [-0.2, -0.15) is 13.7 Å². The number of ether oxygens (including phenoxy) is 1. The van der Waals surface area contributed by atoms with Crippen LogP contribution in [0, 0.1) is 25.2 Å². The Morgan fingerprint density at radius 2 is 2.11 bits per heavy atom. The predicted octanol–water partition coefficient (Wildman–Crippen LogP) is 1.69. The lowest BCUT2D eigenvalue weighted by Gasteiger charge is -2.38. The first kappa shape index (κ1) is 14.0. The summed E-state index contributed by atoms with van der Waals surface area (Å²) in [5.74, 6) is 0. The summed E-state index contributed by atoms with van der Waals surface area (Å²) in [6, 6.07) is 6.97. The molecule has 0 N–H and O–H groups in total. The second kappa shape index (κ2) is 4.93. The van der Waals surface area contributed by atoms with Gasteiger partial charge in [-0.1, -0.05) is 17.7 Å². The van der Waals surface area contributed by atoms with Crippen molar-refractivity contribution in [2.45, 2.75) is 30.8 Å². The Morgan fingerprint density at radius 1 is 1.42 bits per heavy atom. The lowest BCUT2D eigenvalue weighted by atomic mass is 9.99. The maximum atomic E-state index is 12.3. The summed E-state index contributed by atoms with van der Waals surface area (Å²) in [6.45, 7) is 3.87. The first-order valence-corrected chi connectivity index (χ1v) is 7.27. The molecule has 0 radical (unpaired) electrons. The van der Waals surface area contributed by atoms with Crippen molar-refractivity contribution in [2.24, 2.45) is 0 Å². The van der Waals surface area contributed by atoms with Crippen LogP contribution in [0.3, 0.4) is 0 Å². The van der Waals surface area contributed by atoms with Gasteiger partial charge in [0.05, 0.1) is 30.6 Å². The molecular formula is C13H15NO4S. The molecule has 1 heterocycles. The maximum Gasteiger partial charge on any atom is 0.297 e. The van der Waals surface area contributed by atoms with Gasteiger partial charge >= 0.3 is 0 Å². The van der Waals surface area contributed by atoms with Gasteiger partial charge in [0.2, 0.25) is 0 Å². The van der Waals surface area contributed by atoms with E-state index < -0.39 is 15.7 Å². The molecular weight excluding hydrogens is 266 g/mol. The zero-order valence-corrected chi connectivity index (χ0v) is 11.7. The van der Waals surface area contributed by atoms with Gasteiger partial charge < -0.3 is 4.74 Å². The van der Waals surface area contributed by atoms with Crippen molar-refractivity contribution in [3.8, 4) is 6.07 Å². The highest BCUT2D eigenvalue weighted by Crippen LogP contribution is 2.31. The number of hydrogen-bond donors (Lipinski definition) is 0. The van der Waals surface area contributed by atoms with Crippen LogP contribution in [-0.4, -0.2) is 27.2 Å². The lowest BCUT2D eigenvalue weighted by molar-refractivity contribution is -0.155. The van der Waals surface area contributed by atoms with Crippen LogP contribution in [-0.2, 0) is 19.0 Å². The Kier molecular flexibility index (Phi) is 3.63. The number of nitriles is 1. The number of benzene rings is 1. The van der Waals surface area contributed by atoms with E-state index in [9.17, 15) is 8.42 Å². The fraction of sp³-hybridized carbons (Fsp3) is 0.462. The molecule has 19 heavy (non-hydrogen) atoms. The maximum absolute atomic E-state index is 12.3. The highest BCUT2D eigenvalue weighted by molar-refractivity contribution is 7.86. The molecule has 0 aliphatic carbocycles. The van der Waals surface area contributed by atoms with Crippen molar-refractivity contribution in [3.63, 3.8) is 0 Å². The van der Waals surface area contributed by atoms with Gasteiger partial charge in [-0.25, -0.2) is 0 Å². The molecule has 1 saturated heterocycles. The van der Waals surface area contributed by atoms with Crippen LogP contribution >= 0.6 is 0 Å². The average Bonchev–Trinajstić information content (AvgIpc) is 2.25. The van der Waals surface area contributed by atoms with E-state index in [1.54, 1.807) is 19.1 Å². The van der Waals surface area contributed by atoms with Crippen LogP contribution in [0.25, 0.3) is 0 Å². The summed E-state index contributed by atoms with van der Waals surface area (Å²) < 4.78 is 34.7. The van der Waals surface area contributed by atoms with Gasteiger partial charge in [-0.05, 0) is 25.5 Å². The molecule has 0 aromatic heterocycles. The lowest BCUT2D eigenvalue weighted by Crippen LogP contribution is -2.52. The normalized spacial score (nSPS) is 17.5. The Hall–Kier alpha value is -1.42. The highest BCUT2D eigenvalue weighted by Gasteiger charge is 2.44. The summed E-state index contributed by atoms with van der Waals surface area (Å²) in [5.41, 5.74) is 0.591. The first-order chi connectivity index (χ1) is 8.88. The molecule has 102 valence electrons. The van der Waals surface area contributed by atoms with Gasteiger partial charge in [0.1, 0.15) is 5.60 Å². The average molecular weight is 281 g/mol. The molecule has 1 aliphatic rings. The standard InChI is InChI=1S/C13H15NO4S/c1-10-3-4-12(11(2)7-10)19(15,16)18-13(5-6-14)8-17-9-13/h3-4,7H,5,8-9H2,1-2H3. The summed E-state index contributed by atoms with van der Waals surface area (Å²) in [4.78, 5) is 0.141. The minimum Gasteiger partial charge on any atom is -0.375 e. The van der Waals surface area contributed by atoms with Crippen LogP contribution < -0.4 is 0 Å². The third-order valence-corrected chi connectivity index (χ3v) is 4.59. The Balaban J connectivity index is 2.30. The molecule has 0 spiro atoms. The van der Waals surface area contributed by atoms with E-state index in [2.05, 4.69) is 0 Å². The summed E-state index contributed by atoms with van der Waals surface area (Å²) in [6.07, 6.45) is -0.00284. The van der Waals surface area contributed by atoms with Gasteiger partial charge in [0.15, 0.2) is 0 Å². The predicted molar refractivity (Wildman–Crippen MR) is 68.0 cm³/mol. The van der Waals surface area contributed by atoms with Crippen molar-refractivity contribution in [1.82, 2.24) is 0 Å². The van der Waals surface area contributed by atoms with Crippen LogP contribution in [0.1, 0.15) is 17.5 Å². The molecule has 1 aromatic carbocycles. The third-order valence-electron chi connectivity index (χ3n) is 3.02. The van der Waals surface area contributed by atoms with E-state index in [0.717, 1.165) is 5.56 Å². The highest BCUT2D eigenvalue weighted by atomic mass is 32.2. The fourth-order valence-electron chi connectivity index (χ4n) is 2.01. The number of nitrogens with zero attached hydrogens (tertiary/aromatic N) is 1. The smallest absolute Gasteiger partial charge is 0.297 e. The van der Waals surface area contributed by atoms with E-state index in [0.29, 0.717) is 5.56 Å². The molecule has 1 fully saturated rings. The van der Waals surface area contributed by atoms with Crippen LogP contribution in [0.5, 0.6) is 0 Å². The van der Waals surface area contributed by atoms with Crippen molar-refractivity contribution in [1.29, 1.82) is 5.26 Å². The molecule has 1 aliphatic heterocycles. The molecule has 0 amide bonds. The van der Waals surface area contributed by atoms with Gasteiger partial charge in [0.25, 0.3) is 10.1 Å². The second-order valence-electron chi connectivity index (χ2n) is 4.82. The molecule has 6 heteroatoms. The molecule has 0 bridgehead atoms. The van der Waals surface area contributed by atoms with Gasteiger partial charge in [0, 0.05) is 0 Å². The van der Waals surface area contributed by atoms with Gasteiger partial charge in [-0.15, -0.1) is 0 Å². The summed E-state index contributed by atoms with van der Waals surface area (Å²) in [7, 11) is -3.88. The topological polar surface area (TPSA) is 76.4 Å². The molecule has 0 atom stereocenters. The number of aryl methyl sites for hydroxylation is 2. The van der Waals surface area contributed by atoms with E-state index in [1.807, 2.05) is 13.0 Å². The van der Waals surface area contributed by atoms with Crippen LogP contribution in [0.15, 0.2) is 23.1 Å². The summed E-state index contributed by atoms with van der Waals surface area (Å²) >= 11 is 0. The largest absolute Gasteiger partial charge is 0.375 e. The molecule has 0 saturated carbocycles. The van der Waals surface area contributed by atoms with Gasteiger partial charge in [-0.3, -0.25) is 4.18 Å². The van der Waals surface area contributed by atoms with E-state index >= 15 is 0 Å². The minimum atomic E-state index is -3.88. The number of hydrogen-bond acceptors (Lipinski definition) is 5. The molecule has 1 aromatic rings. The van der Waals surface area contributed by atoms with Crippen LogP contribution in [0.4, 0.5) is 0 Å². The van der Waals surface area contributed by atoms with Crippen molar-refractivity contribution < 1.29 is 17.3 Å². The van der Waals surface area contributed by atoms with E-state index in [-0.39, 0.29) is 24.5 Å². The Labute approximate surface area is 112 Å². The molecule has 0 unspecified atom stereocenters. The Morgan fingerprint density at radius 3 is 2.58 bits per heavy atom. The summed E-state index contributed by atoms with van der Waals surface area (Å²) in [5, 5.41) is 8.74. The third kappa shape index (κ3) is 2.78. The van der Waals surface area contributed by atoms with E-state index in [4.69, 9.17) is 14.2 Å². The monoisotopic (exact) mass is 281 g/mol. The zero-order valence-electron chi connectivity index (χ0n) is 10.8. The van der Waals surface area contributed by atoms with Crippen molar-refractivity contribution in [2.75, 3.05) is 13.2 Å². The molecule has 5 nitrogen and oxygen atoms in total. The zero-order chi connectivity index (χ0) is 14.1. The fourth-order valence-corrected chi connectivity index (χ4v) is 3.41. The quantitative estimate of drug-likeness (QED) is 0.785.